The second kappa shape index (κ2) is 7.49. The first-order valence-corrected chi connectivity index (χ1v) is 11.1. The molecule has 2 atom stereocenters. The smallest absolute Gasteiger partial charge is 0.325 e. The van der Waals surface area contributed by atoms with Gasteiger partial charge >= 0.3 is 6.03 Å². The summed E-state index contributed by atoms with van der Waals surface area (Å²) in [6.45, 7) is 2.45. The van der Waals surface area contributed by atoms with E-state index in [2.05, 4.69) is 11.4 Å². The third kappa shape index (κ3) is 3.38. The van der Waals surface area contributed by atoms with E-state index in [1.165, 1.54) is 6.26 Å². The first kappa shape index (κ1) is 19.7. The Labute approximate surface area is 182 Å². The predicted molar refractivity (Wildman–Crippen MR) is 114 cm³/mol. The summed E-state index contributed by atoms with van der Waals surface area (Å²) in [5.41, 5.74) is -0.325. The SMILES string of the molecule is C[C@@]1(c2ccco2)NC(=O)N(CC(=O)N2CCC[C@@H](c3nc4ccccc4s3)C2)C1=O. The van der Waals surface area contributed by atoms with Crippen LogP contribution in [0.3, 0.4) is 0 Å². The molecule has 8 nitrogen and oxygen atoms in total. The standard InChI is InChI=1S/C22H22N4O4S/c1-22(17-9-5-11-30-17)20(28)26(21(29)24-22)13-18(27)25-10-4-6-14(12-25)19-23-15-7-2-3-8-16(15)31-19/h2-3,5,7-9,11,14H,4,6,10,12-13H2,1H3,(H,24,29)/t14-,22+/m1/s1. The lowest BCUT2D eigenvalue weighted by Gasteiger charge is -2.32. The maximum absolute atomic E-state index is 13.0. The third-order valence-electron chi connectivity index (χ3n) is 6.02. The minimum Gasteiger partial charge on any atom is -0.466 e. The van der Waals surface area contributed by atoms with Gasteiger partial charge in [-0.25, -0.2) is 9.78 Å². The number of piperidine rings is 1. The van der Waals surface area contributed by atoms with Gasteiger partial charge in [-0.1, -0.05) is 12.1 Å². The molecule has 3 aromatic rings. The number of nitrogens with one attached hydrogen (secondary N) is 1. The number of furan rings is 1. The van der Waals surface area contributed by atoms with Crippen molar-refractivity contribution in [3.8, 4) is 0 Å². The van der Waals surface area contributed by atoms with E-state index in [9.17, 15) is 14.4 Å². The Kier molecular flexibility index (Phi) is 4.77. The molecule has 1 N–H and O–H groups in total. The van der Waals surface area contributed by atoms with E-state index in [1.807, 2.05) is 18.2 Å². The molecular weight excluding hydrogens is 416 g/mol. The van der Waals surface area contributed by atoms with Crippen LogP contribution >= 0.6 is 11.3 Å². The molecule has 0 unspecified atom stereocenters. The third-order valence-corrected chi connectivity index (χ3v) is 7.21. The molecule has 0 bridgehead atoms. The van der Waals surface area contributed by atoms with E-state index >= 15 is 0 Å². The van der Waals surface area contributed by atoms with Gasteiger partial charge in [0.2, 0.25) is 5.91 Å². The summed E-state index contributed by atoms with van der Waals surface area (Å²) in [5.74, 6) is -0.222. The molecule has 0 saturated carbocycles. The summed E-state index contributed by atoms with van der Waals surface area (Å²) >= 11 is 1.66. The van der Waals surface area contributed by atoms with Crippen LogP contribution in [0.1, 0.15) is 36.5 Å². The second-order valence-electron chi connectivity index (χ2n) is 8.12. The zero-order valence-corrected chi connectivity index (χ0v) is 17.9. The summed E-state index contributed by atoms with van der Waals surface area (Å²) in [6, 6.07) is 10.7. The zero-order valence-electron chi connectivity index (χ0n) is 17.0. The number of benzene rings is 1. The summed E-state index contributed by atoms with van der Waals surface area (Å²) in [6.07, 6.45) is 3.27. The average molecular weight is 439 g/mol. The number of hydrogen-bond donors (Lipinski definition) is 1. The summed E-state index contributed by atoms with van der Waals surface area (Å²) < 4.78 is 6.47. The van der Waals surface area contributed by atoms with Gasteiger partial charge < -0.3 is 14.6 Å². The average Bonchev–Trinajstić information content (AvgIpc) is 3.50. The molecule has 0 aliphatic carbocycles. The molecule has 2 saturated heterocycles. The summed E-state index contributed by atoms with van der Waals surface area (Å²) in [4.78, 5) is 45.9. The van der Waals surface area contributed by atoms with Crippen LogP contribution in [-0.4, -0.2) is 52.3 Å². The van der Waals surface area contributed by atoms with Gasteiger partial charge in [-0.15, -0.1) is 11.3 Å². The Morgan fingerprint density at radius 3 is 2.90 bits per heavy atom. The molecule has 0 spiro atoms. The lowest BCUT2D eigenvalue weighted by Crippen LogP contribution is -2.47. The monoisotopic (exact) mass is 438 g/mol. The van der Waals surface area contributed by atoms with Crippen LogP contribution in [-0.2, 0) is 15.1 Å². The van der Waals surface area contributed by atoms with Crippen LogP contribution < -0.4 is 5.32 Å². The lowest BCUT2D eigenvalue weighted by molar-refractivity contribution is -0.139. The normalized spacial score (nSPS) is 24.1. The van der Waals surface area contributed by atoms with Crippen molar-refractivity contribution in [1.82, 2.24) is 20.1 Å². The van der Waals surface area contributed by atoms with Gasteiger partial charge in [0.25, 0.3) is 5.91 Å². The van der Waals surface area contributed by atoms with E-state index in [0.29, 0.717) is 18.8 Å². The van der Waals surface area contributed by atoms with Crippen molar-refractivity contribution in [1.29, 1.82) is 0 Å². The molecule has 9 heteroatoms. The van der Waals surface area contributed by atoms with Gasteiger partial charge in [0, 0.05) is 19.0 Å². The maximum atomic E-state index is 13.0. The molecule has 0 radical (unpaired) electrons. The summed E-state index contributed by atoms with van der Waals surface area (Å²) in [5, 5.41) is 3.68. The van der Waals surface area contributed by atoms with Crippen molar-refractivity contribution in [3.63, 3.8) is 0 Å². The quantitative estimate of drug-likeness (QED) is 0.632. The predicted octanol–water partition coefficient (Wildman–Crippen LogP) is 3.06. The number of aromatic nitrogens is 1. The lowest BCUT2D eigenvalue weighted by atomic mass is 9.98. The van der Waals surface area contributed by atoms with Crippen LogP contribution in [0.2, 0.25) is 0 Å². The number of urea groups is 1. The molecule has 4 amide bonds. The molecule has 5 rings (SSSR count). The van der Waals surface area contributed by atoms with Crippen LogP contribution in [0.25, 0.3) is 10.2 Å². The molecule has 2 aliphatic rings. The van der Waals surface area contributed by atoms with E-state index in [0.717, 1.165) is 33.0 Å². The Morgan fingerprint density at radius 2 is 2.13 bits per heavy atom. The second-order valence-corrected chi connectivity index (χ2v) is 9.18. The Bertz CT molecular complexity index is 1120. The van der Waals surface area contributed by atoms with Crippen LogP contribution in [0.15, 0.2) is 47.1 Å². The zero-order chi connectivity index (χ0) is 21.6. The number of amides is 4. The number of fused-ring (bicyclic) bond motifs is 1. The topological polar surface area (TPSA) is 95.8 Å². The highest BCUT2D eigenvalue weighted by molar-refractivity contribution is 7.18. The van der Waals surface area contributed by atoms with Crippen molar-refractivity contribution >= 4 is 39.4 Å². The molecule has 1 aromatic carbocycles. The van der Waals surface area contributed by atoms with E-state index in [4.69, 9.17) is 9.40 Å². The number of thiazole rings is 1. The molecule has 2 fully saturated rings. The van der Waals surface area contributed by atoms with E-state index < -0.39 is 17.5 Å². The minimum absolute atomic E-state index is 0.159. The highest BCUT2D eigenvalue weighted by Crippen LogP contribution is 2.33. The number of likely N-dealkylation sites (tertiary alicyclic amines) is 1. The molecule has 2 aliphatic heterocycles. The fourth-order valence-electron chi connectivity index (χ4n) is 4.28. The Balaban J connectivity index is 1.29. The van der Waals surface area contributed by atoms with Crippen LogP contribution in [0.4, 0.5) is 4.79 Å². The van der Waals surface area contributed by atoms with Gasteiger partial charge in [-0.05, 0) is 44.0 Å². The number of hydrogen-bond acceptors (Lipinski definition) is 6. The van der Waals surface area contributed by atoms with Crippen molar-refractivity contribution in [3.05, 3.63) is 53.4 Å². The fourth-order valence-corrected chi connectivity index (χ4v) is 5.37. The Morgan fingerprint density at radius 1 is 1.29 bits per heavy atom. The van der Waals surface area contributed by atoms with Crippen LogP contribution in [0, 0.1) is 0 Å². The maximum Gasteiger partial charge on any atom is 0.325 e. The first-order valence-electron chi connectivity index (χ1n) is 10.3. The highest BCUT2D eigenvalue weighted by atomic mass is 32.1. The van der Waals surface area contributed by atoms with Crippen molar-refractivity contribution < 1.29 is 18.8 Å². The highest BCUT2D eigenvalue weighted by Gasteiger charge is 2.51. The number of nitrogens with zero attached hydrogens (tertiary/aromatic N) is 3. The van der Waals surface area contributed by atoms with Gasteiger partial charge in [-0.2, -0.15) is 0 Å². The Hall–Kier alpha value is -3.20. The number of para-hydroxylation sites is 1. The largest absolute Gasteiger partial charge is 0.466 e. The number of rotatable bonds is 4. The van der Waals surface area contributed by atoms with Crippen molar-refractivity contribution in [2.45, 2.75) is 31.2 Å². The molecule has 31 heavy (non-hydrogen) atoms. The van der Waals surface area contributed by atoms with E-state index in [1.54, 1.807) is 35.3 Å². The molecule has 2 aromatic heterocycles. The number of imide groups is 1. The molecular formula is C22H22N4O4S. The van der Waals surface area contributed by atoms with Gasteiger partial charge in [0.15, 0.2) is 5.54 Å². The molecule has 4 heterocycles. The number of carbonyl (C=O) groups excluding carboxylic acids is 3. The van der Waals surface area contributed by atoms with Crippen molar-refractivity contribution in [2.75, 3.05) is 19.6 Å². The fraction of sp³-hybridized carbons (Fsp3) is 0.364. The van der Waals surface area contributed by atoms with Crippen molar-refractivity contribution in [2.24, 2.45) is 0 Å². The first-order chi connectivity index (χ1) is 15.0. The number of carbonyl (C=O) groups is 3. The van der Waals surface area contributed by atoms with Gasteiger partial charge in [0.05, 0.1) is 21.5 Å². The van der Waals surface area contributed by atoms with Crippen LogP contribution in [0.5, 0.6) is 0 Å². The van der Waals surface area contributed by atoms with Gasteiger partial charge in [-0.3, -0.25) is 14.5 Å². The minimum atomic E-state index is -1.30. The summed E-state index contributed by atoms with van der Waals surface area (Å²) in [7, 11) is 0. The van der Waals surface area contributed by atoms with E-state index in [-0.39, 0.29) is 18.4 Å². The molecule has 160 valence electrons. The van der Waals surface area contributed by atoms with Gasteiger partial charge in [0.1, 0.15) is 12.3 Å².